The maximum Gasteiger partial charge on any atom is 0.251 e. The largest absolute Gasteiger partial charge is 0.457 e. The van der Waals surface area contributed by atoms with Gasteiger partial charge in [0.1, 0.15) is 11.5 Å². The average Bonchev–Trinajstić information content (AvgIpc) is 2.62. The van der Waals surface area contributed by atoms with Crippen LogP contribution in [0, 0.1) is 6.92 Å². The molecule has 0 aliphatic carbocycles. The summed E-state index contributed by atoms with van der Waals surface area (Å²) in [6, 6.07) is 8.82. The van der Waals surface area contributed by atoms with Crippen molar-refractivity contribution in [1.29, 1.82) is 0 Å². The van der Waals surface area contributed by atoms with E-state index >= 15 is 0 Å². The normalized spacial score (nSPS) is 11.2. The predicted molar refractivity (Wildman–Crippen MR) is 93.4 cm³/mol. The van der Waals surface area contributed by atoms with E-state index in [9.17, 15) is 9.90 Å². The molecule has 5 nitrogen and oxygen atoms in total. The van der Waals surface area contributed by atoms with Gasteiger partial charge in [-0.25, -0.2) is 0 Å². The second kappa shape index (κ2) is 7.93. The van der Waals surface area contributed by atoms with Crippen molar-refractivity contribution in [2.75, 3.05) is 6.54 Å². The molecule has 0 bridgehead atoms. The number of hydrogen-bond donors (Lipinski definition) is 2. The third-order valence-corrected chi connectivity index (χ3v) is 4.22. The van der Waals surface area contributed by atoms with Crippen molar-refractivity contribution in [2.45, 2.75) is 39.2 Å². The van der Waals surface area contributed by atoms with Crippen molar-refractivity contribution in [2.24, 2.45) is 0 Å². The molecule has 0 fully saturated rings. The third kappa shape index (κ3) is 4.55. The number of amides is 1. The second-order valence-corrected chi connectivity index (χ2v) is 5.88. The minimum Gasteiger partial charge on any atom is -0.457 e. The standard InChI is InChI=1S/C19H24N2O3/c1-4-19(23,5-2)13-21-18(22)15-7-6-14(3)17(12-15)24-16-8-10-20-11-9-16/h6-12,23H,4-5,13H2,1-3H3,(H,21,22). The van der Waals surface area contributed by atoms with Gasteiger partial charge in [-0.2, -0.15) is 0 Å². The zero-order chi connectivity index (χ0) is 17.6. The summed E-state index contributed by atoms with van der Waals surface area (Å²) in [5.74, 6) is 1.06. The van der Waals surface area contributed by atoms with Gasteiger partial charge in [0.25, 0.3) is 5.91 Å². The van der Waals surface area contributed by atoms with E-state index in [1.165, 1.54) is 0 Å². The highest BCUT2D eigenvalue weighted by Crippen LogP contribution is 2.25. The average molecular weight is 328 g/mol. The van der Waals surface area contributed by atoms with Crippen molar-refractivity contribution in [1.82, 2.24) is 10.3 Å². The lowest BCUT2D eigenvalue weighted by Crippen LogP contribution is -2.42. The van der Waals surface area contributed by atoms with Gasteiger partial charge in [-0.1, -0.05) is 19.9 Å². The molecule has 0 atom stereocenters. The Morgan fingerprint density at radius 1 is 1.21 bits per heavy atom. The summed E-state index contributed by atoms with van der Waals surface area (Å²) in [5, 5.41) is 13.1. The lowest BCUT2D eigenvalue weighted by molar-refractivity contribution is 0.0314. The number of aryl methyl sites for hydroxylation is 1. The highest BCUT2D eigenvalue weighted by atomic mass is 16.5. The molecule has 5 heteroatoms. The summed E-state index contributed by atoms with van der Waals surface area (Å²) >= 11 is 0. The molecule has 0 saturated heterocycles. The van der Waals surface area contributed by atoms with Crippen LogP contribution in [0.4, 0.5) is 0 Å². The summed E-state index contributed by atoms with van der Waals surface area (Å²) in [4.78, 5) is 16.3. The number of nitrogens with one attached hydrogen (secondary N) is 1. The summed E-state index contributed by atoms with van der Waals surface area (Å²) in [7, 11) is 0. The number of nitrogens with zero attached hydrogens (tertiary/aromatic N) is 1. The fourth-order valence-corrected chi connectivity index (χ4v) is 2.23. The van der Waals surface area contributed by atoms with Gasteiger partial charge in [-0.05, 0) is 49.6 Å². The Morgan fingerprint density at radius 2 is 1.88 bits per heavy atom. The molecule has 1 heterocycles. The molecule has 24 heavy (non-hydrogen) atoms. The minimum atomic E-state index is -0.864. The number of carbonyl (C=O) groups excluding carboxylic acids is 1. The van der Waals surface area contributed by atoms with Crippen LogP contribution in [0.2, 0.25) is 0 Å². The van der Waals surface area contributed by atoms with Crippen molar-refractivity contribution in [3.05, 3.63) is 53.9 Å². The quantitative estimate of drug-likeness (QED) is 0.816. The zero-order valence-electron chi connectivity index (χ0n) is 14.4. The van der Waals surface area contributed by atoms with Gasteiger partial charge < -0.3 is 15.2 Å². The van der Waals surface area contributed by atoms with Crippen LogP contribution in [-0.4, -0.2) is 28.1 Å². The van der Waals surface area contributed by atoms with E-state index in [1.807, 2.05) is 26.8 Å². The first-order valence-corrected chi connectivity index (χ1v) is 8.16. The Morgan fingerprint density at radius 3 is 2.50 bits per heavy atom. The fraction of sp³-hybridized carbons (Fsp3) is 0.368. The van der Waals surface area contributed by atoms with E-state index in [0.29, 0.717) is 29.9 Å². The number of rotatable bonds is 7. The Labute approximate surface area is 142 Å². The SMILES string of the molecule is CCC(O)(CC)CNC(=O)c1ccc(C)c(Oc2ccncc2)c1. The van der Waals surface area contributed by atoms with Crippen LogP contribution in [-0.2, 0) is 0 Å². The number of benzene rings is 1. The van der Waals surface area contributed by atoms with Crippen LogP contribution in [0.25, 0.3) is 0 Å². The van der Waals surface area contributed by atoms with E-state index in [-0.39, 0.29) is 12.5 Å². The highest BCUT2D eigenvalue weighted by molar-refractivity contribution is 5.94. The molecule has 1 amide bonds. The molecule has 0 saturated carbocycles. The monoisotopic (exact) mass is 328 g/mol. The van der Waals surface area contributed by atoms with Crippen LogP contribution >= 0.6 is 0 Å². The molecule has 0 aliphatic heterocycles. The van der Waals surface area contributed by atoms with Crippen LogP contribution < -0.4 is 10.1 Å². The number of carbonyl (C=O) groups is 1. The summed E-state index contributed by atoms with van der Waals surface area (Å²) < 4.78 is 5.82. The summed E-state index contributed by atoms with van der Waals surface area (Å²) in [6.07, 6.45) is 4.48. The molecule has 128 valence electrons. The van der Waals surface area contributed by atoms with Crippen molar-refractivity contribution >= 4 is 5.91 Å². The van der Waals surface area contributed by atoms with Crippen molar-refractivity contribution in [3.63, 3.8) is 0 Å². The van der Waals surface area contributed by atoms with E-state index in [0.717, 1.165) is 5.56 Å². The molecular weight excluding hydrogens is 304 g/mol. The van der Waals surface area contributed by atoms with E-state index < -0.39 is 5.60 Å². The number of aromatic nitrogens is 1. The van der Waals surface area contributed by atoms with E-state index in [1.54, 1.807) is 36.7 Å². The predicted octanol–water partition coefficient (Wildman–Crippen LogP) is 3.46. The lowest BCUT2D eigenvalue weighted by Gasteiger charge is -2.25. The van der Waals surface area contributed by atoms with Crippen molar-refractivity contribution in [3.8, 4) is 11.5 Å². The van der Waals surface area contributed by atoms with E-state index in [2.05, 4.69) is 10.3 Å². The van der Waals surface area contributed by atoms with Crippen LogP contribution in [0.3, 0.4) is 0 Å². The van der Waals surface area contributed by atoms with Gasteiger partial charge in [0, 0.05) is 24.5 Å². The maximum atomic E-state index is 12.4. The second-order valence-electron chi connectivity index (χ2n) is 5.88. The van der Waals surface area contributed by atoms with Gasteiger partial charge in [-0.15, -0.1) is 0 Å². The molecule has 0 aliphatic rings. The summed E-state index contributed by atoms with van der Waals surface area (Å²) in [5.41, 5.74) is 0.567. The molecule has 2 aromatic rings. The topological polar surface area (TPSA) is 71.5 Å². The fourth-order valence-electron chi connectivity index (χ4n) is 2.23. The molecule has 2 rings (SSSR count). The molecule has 0 spiro atoms. The van der Waals surface area contributed by atoms with Crippen molar-refractivity contribution < 1.29 is 14.6 Å². The third-order valence-electron chi connectivity index (χ3n) is 4.22. The first-order valence-electron chi connectivity index (χ1n) is 8.16. The zero-order valence-corrected chi connectivity index (χ0v) is 14.4. The molecule has 2 N–H and O–H groups in total. The minimum absolute atomic E-state index is 0.227. The number of aliphatic hydroxyl groups is 1. The first kappa shape index (κ1) is 17.9. The van der Waals surface area contributed by atoms with Gasteiger partial charge in [0.2, 0.25) is 0 Å². The molecule has 1 aromatic heterocycles. The Balaban J connectivity index is 2.11. The van der Waals surface area contributed by atoms with Crippen LogP contribution in [0.5, 0.6) is 11.5 Å². The number of pyridine rings is 1. The van der Waals surface area contributed by atoms with Gasteiger partial charge >= 0.3 is 0 Å². The molecule has 0 radical (unpaired) electrons. The number of hydrogen-bond acceptors (Lipinski definition) is 4. The van der Waals surface area contributed by atoms with Crippen LogP contribution in [0.15, 0.2) is 42.7 Å². The lowest BCUT2D eigenvalue weighted by atomic mass is 9.97. The maximum absolute atomic E-state index is 12.4. The molecule has 1 aromatic carbocycles. The summed E-state index contributed by atoms with van der Waals surface area (Å²) in [6.45, 7) is 5.96. The molecule has 0 unspecified atom stereocenters. The van der Waals surface area contributed by atoms with Gasteiger partial charge in [-0.3, -0.25) is 9.78 Å². The Kier molecular flexibility index (Phi) is 5.93. The Hall–Kier alpha value is -2.40. The van der Waals surface area contributed by atoms with Gasteiger partial charge in [0.05, 0.1) is 5.60 Å². The van der Waals surface area contributed by atoms with Crippen LogP contribution in [0.1, 0.15) is 42.6 Å². The van der Waals surface area contributed by atoms with Gasteiger partial charge in [0.15, 0.2) is 0 Å². The van der Waals surface area contributed by atoms with E-state index in [4.69, 9.17) is 4.74 Å². The first-order chi connectivity index (χ1) is 11.5. The highest BCUT2D eigenvalue weighted by Gasteiger charge is 2.23. The Bertz CT molecular complexity index is 682. The smallest absolute Gasteiger partial charge is 0.251 e. The molecular formula is C19H24N2O3. The number of ether oxygens (including phenoxy) is 1.